The van der Waals surface area contributed by atoms with Crippen LogP contribution in [0.3, 0.4) is 0 Å². The van der Waals surface area contributed by atoms with Gasteiger partial charge in [0.05, 0.1) is 11.1 Å². The summed E-state index contributed by atoms with van der Waals surface area (Å²) in [6.45, 7) is 1.93. The Hall–Kier alpha value is -3.22. The molecule has 0 saturated heterocycles. The first-order chi connectivity index (χ1) is 10.6. The number of benzene rings is 1. The Kier molecular flexibility index (Phi) is 3.53. The largest absolute Gasteiger partial charge is 0.290 e. The number of nitrogens with zero attached hydrogens (tertiary/aromatic N) is 2. The van der Waals surface area contributed by atoms with Gasteiger partial charge in [0.25, 0.3) is 11.8 Å². The first kappa shape index (κ1) is 13.7. The number of carbonyl (C=O) groups is 2. The van der Waals surface area contributed by atoms with Crippen molar-refractivity contribution < 1.29 is 9.59 Å². The van der Waals surface area contributed by atoms with E-state index in [2.05, 4.69) is 26.0 Å². The molecule has 3 N–H and O–H groups in total. The number of hydrogen-bond donors (Lipinski definition) is 3. The van der Waals surface area contributed by atoms with E-state index in [1.54, 1.807) is 18.3 Å². The summed E-state index contributed by atoms with van der Waals surface area (Å²) < 4.78 is 0. The van der Waals surface area contributed by atoms with Crippen molar-refractivity contribution in [2.75, 3.05) is 0 Å². The molecule has 110 valence electrons. The second-order valence-corrected chi connectivity index (χ2v) is 4.77. The Morgan fingerprint density at radius 1 is 1.14 bits per heavy atom. The lowest BCUT2D eigenvalue weighted by Gasteiger charge is -2.05. The normalized spacial score (nSPS) is 10.4. The number of hydrazine groups is 1. The Morgan fingerprint density at radius 2 is 1.95 bits per heavy atom. The van der Waals surface area contributed by atoms with E-state index in [1.165, 1.54) is 6.20 Å². The number of carbonyl (C=O) groups excluding carboxylic acids is 2. The summed E-state index contributed by atoms with van der Waals surface area (Å²) in [5.74, 6) is -0.938. The van der Waals surface area contributed by atoms with Crippen LogP contribution in [0.4, 0.5) is 0 Å². The van der Waals surface area contributed by atoms with Crippen LogP contribution in [0.2, 0.25) is 0 Å². The fourth-order valence-electron chi connectivity index (χ4n) is 2.04. The van der Waals surface area contributed by atoms with Gasteiger partial charge < -0.3 is 0 Å². The molecule has 0 unspecified atom stereocenters. The molecule has 0 radical (unpaired) electrons. The van der Waals surface area contributed by atoms with Gasteiger partial charge in [-0.3, -0.25) is 30.5 Å². The highest BCUT2D eigenvalue weighted by atomic mass is 16.2. The third-order valence-electron chi connectivity index (χ3n) is 3.15. The SMILES string of the molecule is Cc1ccc2[nH]nc(C(=O)NNC(=O)c3cccnc3)c2c1. The molecule has 7 nitrogen and oxygen atoms in total. The molecular weight excluding hydrogens is 282 g/mol. The standard InChI is InChI=1S/C15H13N5O2/c1-9-4-5-12-11(7-9)13(18-17-12)15(22)20-19-14(21)10-3-2-6-16-8-10/h2-8H,1H3,(H,17,18)(H,19,21)(H,20,22). The van der Waals surface area contributed by atoms with Crippen LogP contribution in [-0.2, 0) is 0 Å². The summed E-state index contributed by atoms with van der Waals surface area (Å²) >= 11 is 0. The molecule has 0 atom stereocenters. The van der Waals surface area contributed by atoms with E-state index in [0.717, 1.165) is 11.1 Å². The lowest BCUT2D eigenvalue weighted by Crippen LogP contribution is -2.41. The van der Waals surface area contributed by atoms with Gasteiger partial charge in [0.15, 0.2) is 5.69 Å². The van der Waals surface area contributed by atoms with E-state index in [0.29, 0.717) is 10.9 Å². The molecule has 1 aromatic carbocycles. The van der Waals surface area contributed by atoms with E-state index < -0.39 is 11.8 Å². The first-order valence-corrected chi connectivity index (χ1v) is 6.60. The van der Waals surface area contributed by atoms with Crippen molar-refractivity contribution in [1.82, 2.24) is 26.0 Å². The number of hydrogen-bond acceptors (Lipinski definition) is 4. The second kappa shape index (κ2) is 5.65. The second-order valence-electron chi connectivity index (χ2n) is 4.77. The molecule has 0 saturated carbocycles. The van der Waals surface area contributed by atoms with Crippen LogP contribution in [0.1, 0.15) is 26.4 Å². The Morgan fingerprint density at radius 3 is 2.73 bits per heavy atom. The molecule has 3 aromatic rings. The third-order valence-corrected chi connectivity index (χ3v) is 3.15. The minimum absolute atomic E-state index is 0.227. The zero-order chi connectivity index (χ0) is 15.5. The van der Waals surface area contributed by atoms with Crippen molar-refractivity contribution >= 4 is 22.7 Å². The highest BCUT2D eigenvalue weighted by Crippen LogP contribution is 2.17. The molecular formula is C15H13N5O2. The average molecular weight is 295 g/mol. The highest BCUT2D eigenvalue weighted by Gasteiger charge is 2.15. The monoisotopic (exact) mass is 295 g/mol. The van der Waals surface area contributed by atoms with Gasteiger partial charge in [-0.25, -0.2) is 0 Å². The molecule has 2 amide bonds. The Balaban J connectivity index is 1.74. The smallest absolute Gasteiger partial charge is 0.277 e. The van der Waals surface area contributed by atoms with Gasteiger partial charge in [0, 0.05) is 17.8 Å². The third kappa shape index (κ3) is 2.64. The summed E-state index contributed by atoms with van der Waals surface area (Å²) in [6.07, 6.45) is 2.97. The van der Waals surface area contributed by atoms with Crippen LogP contribution in [-0.4, -0.2) is 27.0 Å². The summed E-state index contributed by atoms with van der Waals surface area (Å²) in [5.41, 5.74) is 7.03. The molecule has 7 heteroatoms. The van der Waals surface area contributed by atoms with Crippen molar-refractivity contribution in [3.05, 3.63) is 59.5 Å². The van der Waals surface area contributed by atoms with E-state index in [4.69, 9.17) is 0 Å². The van der Waals surface area contributed by atoms with E-state index in [9.17, 15) is 9.59 Å². The predicted molar refractivity (Wildman–Crippen MR) is 80.0 cm³/mol. The van der Waals surface area contributed by atoms with Crippen LogP contribution >= 0.6 is 0 Å². The maximum absolute atomic E-state index is 12.1. The number of aromatic nitrogens is 3. The Bertz CT molecular complexity index is 842. The number of fused-ring (bicyclic) bond motifs is 1. The minimum Gasteiger partial charge on any atom is -0.277 e. The van der Waals surface area contributed by atoms with Gasteiger partial charge in [-0.1, -0.05) is 11.6 Å². The van der Waals surface area contributed by atoms with E-state index in [1.807, 2.05) is 25.1 Å². The van der Waals surface area contributed by atoms with Crippen molar-refractivity contribution in [2.24, 2.45) is 0 Å². The predicted octanol–water partition coefficient (Wildman–Crippen LogP) is 1.34. The van der Waals surface area contributed by atoms with Crippen molar-refractivity contribution in [1.29, 1.82) is 0 Å². The molecule has 2 heterocycles. The number of pyridine rings is 1. The zero-order valence-corrected chi connectivity index (χ0v) is 11.8. The van der Waals surface area contributed by atoms with Gasteiger partial charge in [-0.15, -0.1) is 0 Å². The topological polar surface area (TPSA) is 99.8 Å². The molecule has 0 bridgehead atoms. The van der Waals surface area contributed by atoms with Gasteiger partial charge in [0.2, 0.25) is 0 Å². The number of H-pyrrole nitrogens is 1. The minimum atomic E-state index is -0.492. The lowest BCUT2D eigenvalue weighted by atomic mass is 10.1. The summed E-state index contributed by atoms with van der Waals surface area (Å²) in [7, 11) is 0. The van der Waals surface area contributed by atoms with Crippen molar-refractivity contribution in [3.8, 4) is 0 Å². The molecule has 22 heavy (non-hydrogen) atoms. The molecule has 0 fully saturated rings. The first-order valence-electron chi connectivity index (χ1n) is 6.60. The van der Waals surface area contributed by atoms with E-state index in [-0.39, 0.29) is 5.69 Å². The highest BCUT2D eigenvalue weighted by molar-refractivity contribution is 6.06. The van der Waals surface area contributed by atoms with Crippen LogP contribution in [0, 0.1) is 6.92 Å². The lowest BCUT2D eigenvalue weighted by molar-refractivity contribution is 0.0844. The fourth-order valence-corrected chi connectivity index (χ4v) is 2.04. The van der Waals surface area contributed by atoms with Crippen molar-refractivity contribution in [2.45, 2.75) is 6.92 Å². The number of aromatic amines is 1. The maximum Gasteiger partial charge on any atom is 0.290 e. The Labute approximate surface area is 125 Å². The number of rotatable bonds is 2. The number of nitrogens with one attached hydrogen (secondary N) is 3. The van der Waals surface area contributed by atoms with Crippen molar-refractivity contribution in [3.63, 3.8) is 0 Å². The van der Waals surface area contributed by atoms with Gasteiger partial charge in [-0.2, -0.15) is 5.10 Å². The number of aryl methyl sites for hydroxylation is 1. The van der Waals surface area contributed by atoms with Crippen LogP contribution in [0.15, 0.2) is 42.7 Å². The summed E-state index contributed by atoms with van der Waals surface area (Å²) in [6, 6.07) is 8.87. The molecule has 2 aromatic heterocycles. The summed E-state index contributed by atoms with van der Waals surface area (Å²) in [5, 5.41) is 7.47. The van der Waals surface area contributed by atoms with Crippen LogP contribution < -0.4 is 10.9 Å². The summed E-state index contributed by atoms with van der Waals surface area (Å²) in [4.78, 5) is 27.8. The molecule has 3 rings (SSSR count). The van der Waals surface area contributed by atoms with E-state index >= 15 is 0 Å². The number of amides is 2. The van der Waals surface area contributed by atoms with Crippen LogP contribution in [0.5, 0.6) is 0 Å². The van der Waals surface area contributed by atoms with Gasteiger partial charge in [-0.05, 0) is 31.2 Å². The fraction of sp³-hybridized carbons (Fsp3) is 0.0667. The molecule has 0 aliphatic heterocycles. The molecule has 0 spiro atoms. The zero-order valence-electron chi connectivity index (χ0n) is 11.8. The van der Waals surface area contributed by atoms with Crippen LogP contribution in [0.25, 0.3) is 10.9 Å². The molecule has 0 aliphatic rings. The average Bonchev–Trinajstić information content (AvgIpc) is 2.96. The quantitative estimate of drug-likeness (QED) is 0.621. The maximum atomic E-state index is 12.1. The van der Waals surface area contributed by atoms with Gasteiger partial charge >= 0.3 is 0 Å². The molecule has 0 aliphatic carbocycles. The van der Waals surface area contributed by atoms with Gasteiger partial charge in [0.1, 0.15) is 0 Å².